The second-order valence-electron chi connectivity index (χ2n) is 5.61. The lowest BCUT2D eigenvalue weighted by Crippen LogP contribution is -2.12. The van der Waals surface area contributed by atoms with Gasteiger partial charge in [0.1, 0.15) is 0 Å². The van der Waals surface area contributed by atoms with Crippen LogP contribution in [0.1, 0.15) is 29.5 Å². The molecule has 4 heteroatoms. The lowest BCUT2D eigenvalue weighted by Gasteiger charge is -2.13. The minimum atomic E-state index is -0.302. The number of aryl methyl sites for hydroxylation is 2. The maximum Gasteiger partial charge on any atom is 0.234 e. The smallest absolute Gasteiger partial charge is 0.234 e. The maximum atomic E-state index is 9.98. The third-order valence-corrected chi connectivity index (χ3v) is 3.94. The first-order valence-corrected chi connectivity index (χ1v) is 6.53. The predicted octanol–water partition coefficient (Wildman–Crippen LogP) is 2.42. The quantitative estimate of drug-likeness (QED) is 0.792. The predicted molar refractivity (Wildman–Crippen MR) is 73.2 cm³/mol. The highest BCUT2D eigenvalue weighted by molar-refractivity contribution is 5.69. The lowest BCUT2D eigenvalue weighted by atomic mass is 9.92. The van der Waals surface area contributed by atoms with Crippen LogP contribution in [0.5, 0.6) is 5.88 Å². The number of aliphatic hydroxyl groups excluding tert-OH is 1. The molecule has 100 valence electrons. The second kappa shape index (κ2) is 4.10. The van der Waals surface area contributed by atoms with Crippen molar-refractivity contribution in [2.75, 3.05) is 6.61 Å². The summed E-state index contributed by atoms with van der Waals surface area (Å²) in [6.45, 7) is 4.15. The van der Waals surface area contributed by atoms with Crippen molar-refractivity contribution >= 4 is 0 Å². The van der Waals surface area contributed by atoms with E-state index in [0.717, 1.165) is 29.7 Å². The first-order chi connectivity index (χ1) is 9.05. The Morgan fingerprint density at radius 3 is 2.37 bits per heavy atom. The summed E-state index contributed by atoms with van der Waals surface area (Å²) in [6, 6.07) is 6.24. The van der Waals surface area contributed by atoms with Gasteiger partial charge in [-0.15, -0.1) is 5.10 Å². The minimum Gasteiger partial charge on any atom is -0.492 e. The van der Waals surface area contributed by atoms with Crippen LogP contribution in [0.25, 0.3) is 11.3 Å². The molecule has 0 aliphatic heterocycles. The van der Waals surface area contributed by atoms with Crippen LogP contribution >= 0.6 is 0 Å². The van der Waals surface area contributed by atoms with Crippen molar-refractivity contribution in [3.05, 3.63) is 34.9 Å². The van der Waals surface area contributed by atoms with E-state index in [0.29, 0.717) is 0 Å². The molecule has 1 fully saturated rings. The summed E-state index contributed by atoms with van der Waals surface area (Å²) in [5.41, 5.74) is 4.65. The van der Waals surface area contributed by atoms with Crippen LogP contribution in [0.3, 0.4) is 0 Å². The van der Waals surface area contributed by atoms with Gasteiger partial charge < -0.3 is 10.2 Å². The van der Waals surface area contributed by atoms with E-state index < -0.39 is 0 Å². The van der Waals surface area contributed by atoms with Gasteiger partial charge in [-0.05, 0) is 38.8 Å². The van der Waals surface area contributed by atoms with Gasteiger partial charge in [0.15, 0.2) is 0 Å². The van der Waals surface area contributed by atoms with Crippen molar-refractivity contribution in [3.8, 4) is 17.1 Å². The molecule has 0 radical (unpaired) electrons. The molecule has 0 spiro atoms. The van der Waals surface area contributed by atoms with Crippen LogP contribution in [0.15, 0.2) is 18.2 Å². The highest BCUT2D eigenvalue weighted by Gasteiger charge is 2.48. The normalized spacial score (nSPS) is 16.6. The molecule has 0 saturated heterocycles. The fourth-order valence-corrected chi connectivity index (χ4v) is 2.80. The monoisotopic (exact) mass is 258 g/mol. The molecule has 1 aromatic heterocycles. The Morgan fingerprint density at radius 1 is 1.21 bits per heavy atom. The van der Waals surface area contributed by atoms with E-state index in [4.69, 9.17) is 0 Å². The topological polar surface area (TPSA) is 69.1 Å². The van der Waals surface area contributed by atoms with Gasteiger partial charge in [-0.3, -0.25) is 5.10 Å². The van der Waals surface area contributed by atoms with Gasteiger partial charge in [-0.25, -0.2) is 0 Å². The molecular weight excluding hydrogens is 240 g/mol. The fourth-order valence-electron chi connectivity index (χ4n) is 2.80. The van der Waals surface area contributed by atoms with Crippen LogP contribution in [-0.4, -0.2) is 27.0 Å². The Morgan fingerprint density at radius 2 is 1.84 bits per heavy atom. The molecule has 1 heterocycles. The molecule has 1 aromatic carbocycles. The number of benzene rings is 1. The van der Waals surface area contributed by atoms with Crippen molar-refractivity contribution < 1.29 is 10.2 Å². The van der Waals surface area contributed by atoms with Gasteiger partial charge in [0.05, 0.1) is 12.3 Å². The number of rotatable bonds is 3. The van der Waals surface area contributed by atoms with Crippen molar-refractivity contribution in [2.45, 2.75) is 32.1 Å². The molecule has 0 bridgehead atoms. The number of aliphatic hydroxyl groups is 1. The maximum absolute atomic E-state index is 9.98. The van der Waals surface area contributed by atoms with Crippen LogP contribution in [-0.2, 0) is 5.41 Å². The highest BCUT2D eigenvalue weighted by Crippen LogP contribution is 2.53. The SMILES string of the molecule is Cc1cc(C)cc(-c2[nH]nc(O)c2C2(CO)CC2)c1. The Labute approximate surface area is 112 Å². The largest absolute Gasteiger partial charge is 0.492 e. The third-order valence-electron chi connectivity index (χ3n) is 3.94. The van der Waals surface area contributed by atoms with E-state index in [2.05, 4.69) is 28.4 Å². The molecule has 3 rings (SSSR count). The standard InChI is InChI=1S/C15H18N2O2/c1-9-5-10(2)7-11(6-9)13-12(14(19)17-16-13)15(8-18)3-4-15/h5-7,18H,3-4,8H2,1-2H3,(H2,16,17,19). The van der Waals surface area contributed by atoms with Crippen LogP contribution < -0.4 is 0 Å². The van der Waals surface area contributed by atoms with E-state index in [1.54, 1.807) is 0 Å². The molecule has 2 aromatic rings. The van der Waals surface area contributed by atoms with Crippen LogP contribution in [0.2, 0.25) is 0 Å². The summed E-state index contributed by atoms with van der Waals surface area (Å²) >= 11 is 0. The molecule has 1 aliphatic carbocycles. The molecule has 3 N–H and O–H groups in total. The average molecular weight is 258 g/mol. The molecule has 1 aliphatic rings. The van der Waals surface area contributed by atoms with E-state index in [9.17, 15) is 10.2 Å². The van der Waals surface area contributed by atoms with Gasteiger partial charge >= 0.3 is 0 Å². The highest BCUT2D eigenvalue weighted by atomic mass is 16.3. The second-order valence-corrected chi connectivity index (χ2v) is 5.61. The van der Waals surface area contributed by atoms with Crippen LogP contribution in [0, 0.1) is 13.8 Å². The molecule has 19 heavy (non-hydrogen) atoms. The van der Waals surface area contributed by atoms with E-state index >= 15 is 0 Å². The molecular formula is C15H18N2O2. The number of nitrogens with zero attached hydrogens (tertiary/aromatic N) is 1. The summed E-state index contributed by atoms with van der Waals surface area (Å²) in [4.78, 5) is 0. The van der Waals surface area contributed by atoms with E-state index in [-0.39, 0.29) is 17.9 Å². The van der Waals surface area contributed by atoms with Crippen molar-refractivity contribution in [3.63, 3.8) is 0 Å². The summed E-state index contributed by atoms with van der Waals surface area (Å²) in [6.07, 6.45) is 1.79. The Bertz CT molecular complexity index is 607. The summed E-state index contributed by atoms with van der Waals surface area (Å²) < 4.78 is 0. The zero-order valence-corrected chi connectivity index (χ0v) is 11.2. The Kier molecular flexibility index (Phi) is 2.64. The first kappa shape index (κ1) is 12.2. The fraction of sp³-hybridized carbons (Fsp3) is 0.400. The van der Waals surface area contributed by atoms with Gasteiger partial charge in [-0.2, -0.15) is 0 Å². The van der Waals surface area contributed by atoms with Gasteiger partial charge in [0.2, 0.25) is 5.88 Å². The van der Waals surface area contributed by atoms with Gasteiger partial charge in [0.25, 0.3) is 0 Å². The number of nitrogens with one attached hydrogen (secondary N) is 1. The Balaban J connectivity index is 2.16. The van der Waals surface area contributed by atoms with Crippen molar-refractivity contribution in [2.24, 2.45) is 0 Å². The molecule has 0 unspecified atom stereocenters. The van der Waals surface area contributed by atoms with Crippen LogP contribution in [0.4, 0.5) is 0 Å². The van der Waals surface area contributed by atoms with Gasteiger partial charge in [-0.1, -0.05) is 17.2 Å². The molecule has 1 saturated carbocycles. The molecule has 0 amide bonds. The van der Waals surface area contributed by atoms with Crippen molar-refractivity contribution in [1.82, 2.24) is 10.2 Å². The zero-order valence-electron chi connectivity index (χ0n) is 11.2. The number of hydrogen-bond donors (Lipinski definition) is 3. The number of hydrogen-bond acceptors (Lipinski definition) is 3. The number of H-pyrrole nitrogens is 1. The zero-order chi connectivity index (χ0) is 13.6. The van der Waals surface area contributed by atoms with Gasteiger partial charge in [0, 0.05) is 16.5 Å². The van der Waals surface area contributed by atoms with E-state index in [1.165, 1.54) is 11.1 Å². The Hall–Kier alpha value is -1.81. The third kappa shape index (κ3) is 1.92. The summed E-state index contributed by atoms with van der Waals surface area (Å²) in [5.74, 6) is 0.0145. The number of aromatic nitrogens is 2. The minimum absolute atomic E-state index is 0.0145. The average Bonchev–Trinajstić information content (AvgIpc) is 3.05. The first-order valence-electron chi connectivity index (χ1n) is 6.53. The number of aromatic hydroxyl groups is 1. The van der Waals surface area contributed by atoms with Crippen molar-refractivity contribution in [1.29, 1.82) is 0 Å². The lowest BCUT2D eigenvalue weighted by molar-refractivity contribution is 0.252. The summed E-state index contributed by atoms with van der Waals surface area (Å²) in [5, 5.41) is 26.4. The summed E-state index contributed by atoms with van der Waals surface area (Å²) in [7, 11) is 0. The molecule has 0 atom stereocenters. The van der Waals surface area contributed by atoms with E-state index in [1.807, 2.05) is 13.8 Å². The molecule has 4 nitrogen and oxygen atoms in total. The number of aromatic amines is 1.